The molecule has 0 heterocycles. The van der Waals surface area contributed by atoms with E-state index in [4.69, 9.17) is 15.3 Å². The van der Waals surface area contributed by atoms with Crippen LogP contribution in [0.2, 0.25) is 0 Å². The maximum Gasteiger partial charge on any atom is 0.375 e. The van der Waals surface area contributed by atoms with Crippen LogP contribution in [0, 0.1) is 0 Å². The second kappa shape index (κ2) is 5.75. The van der Waals surface area contributed by atoms with E-state index in [0.717, 1.165) is 6.92 Å². The number of hydrogen-bond acceptors (Lipinski definition) is 6. The average Bonchev–Trinajstić information content (AvgIpc) is 2.14. The molecule has 0 aromatic rings. The van der Waals surface area contributed by atoms with E-state index in [0.29, 0.717) is 0 Å². The van der Waals surface area contributed by atoms with Gasteiger partial charge in [-0.05, 0) is 0 Å². The first-order valence-corrected chi connectivity index (χ1v) is 4.51. The lowest BCUT2D eigenvalue weighted by atomic mass is 9.95. The summed E-state index contributed by atoms with van der Waals surface area (Å²) in [4.78, 5) is 53.6. The molecule has 0 aromatic carbocycles. The van der Waals surface area contributed by atoms with Crippen LogP contribution in [-0.4, -0.2) is 50.6 Å². The first-order chi connectivity index (χ1) is 8.10. The van der Waals surface area contributed by atoms with E-state index >= 15 is 0 Å². The molecule has 9 nitrogen and oxygen atoms in total. The van der Waals surface area contributed by atoms with Gasteiger partial charge < -0.3 is 20.1 Å². The van der Waals surface area contributed by atoms with Gasteiger partial charge in [0.25, 0.3) is 0 Å². The summed E-state index contributed by atoms with van der Waals surface area (Å²) in [7, 11) is 0. The maximum absolute atomic E-state index is 11.0. The summed E-state index contributed by atoms with van der Waals surface area (Å²) >= 11 is 0. The van der Waals surface area contributed by atoms with Crippen LogP contribution in [0.5, 0.6) is 0 Å². The van der Waals surface area contributed by atoms with E-state index in [2.05, 4.69) is 4.74 Å². The minimum Gasteiger partial charge on any atom is -0.481 e. The van der Waals surface area contributed by atoms with Crippen molar-refractivity contribution in [2.45, 2.75) is 25.4 Å². The van der Waals surface area contributed by atoms with Crippen molar-refractivity contribution >= 4 is 29.7 Å². The van der Waals surface area contributed by atoms with Gasteiger partial charge in [-0.25, -0.2) is 9.59 Å². The first kappa shape index (κ1) is 15.6. The van der Waals surface area contributed by atoms with Gasteiger partial charge in [0, 0.05) is 6.92 Å². The molecule has 0 fully saturated rings. The Kier molecular flexibility index (Phi) is 4.97. The van der Waals surface area contributed by atoms with Crippen LogP contribution in [0.15, 0.2) is 0 Å². The van der Waals surface area contributed by atoms with Gasteiger partial charge in [-0.3, -0.25) is 14.4 Å². The third-order valence-electron chi connectivity index (χ3n) is 1.84. The van der Waals surface area contributed by atoms with Crippen LogP contribution in [0.3, 0.4) is 0 Å². The molecule has 0 rings (SSSR count). The van der Waals surface area contributed by atoms with Crippen molar-refractivity contribution in [3.63, 3.8) is 0 Å². The van der Waals surface area contributed by atoms with Crippen molar-refractivity contribution < 1.29 is 44.0 Å². The minimum absolute atomic E-state index is 0.774. The number of esters is 1. The molecule has 0 atom stereocenters. The van der Waals surface area contributed by atoms with Crippen molar-refractivity contribution in [1.82, 2.24) is 0 Å². The molecular weight excluding hydrogens is 252 g/mol. The summed E-state index contributed by atoms with van der Waals surface area (Å²) in [5.74, 6) is -8.11. The topological polar surface area (TPSA) is 155 Å². The van der Waals surface area contributed by atoms with Crippen molar-refractivity contribution in [2.24, 2.45) is 0 Å². The number of carbonyl (C=O) groups excluding carboxylic acids is 2. The Bertz CT molecular complexity index is 392. The van der Waals surface area contributed by atoms with E-state index in [-0.39, 0.29) is 0 Å². The number of carboxylic acids is 3. The molecule has 0 bridgehead atoms. The Hall–Kier alpha value is -2.45. The van der Waals surface area contributed by atoms with E-state index in [1.807, 2.05) is 0 Å². The molecule has 0 spiro atoms. The number of hydrogen-bond donors (Lipinski definition) is 3. The molecule has 0 saturated heterocycles. The molecule has 9 heteroatoms. The van der Waals surface area contributed by atoms with Crippen LogP contribution < -0.4 is 0 Å². The predicted octanol–water partition coefficient (Wildman–Crippen LogP) is -1.11. The van der Waals surface area contributed by atoms with Crippen molar-refractivity contribution in [2.75, 3.05) is 0 Å². The molecule has 3 N–H and O–H groups in total. The number of carbonyl (C=O) groups is 5. The fraction of sp³-hybridized carbons (Fsp3) is 0.444. The number of ether oxygens (including phenoxy) is 1. The lowest BCUT2D eigenvalue weighted by Gasteiger charge is -2.25. The van der Waals surface area contributed by atoms with Gasteiger partial charge >= 0.3 is 23.9 Å². The summed E-state index contributed by atoms with van der Waals surface area (Å²) in [6.07, 6.45) is -2.54. The second-order valence-corrected chi connectivity index (χ2v) is 3.39. The number of ketones is 1. The highest BCUT2D eigenvalue weighted by atomic mass is 16.6. The number of Topliss-reactive ketones (excluding diaryl/α,β-unsaturated/α-hetero) is 1. The van der Waals surface area contributed by atoms with E-state index in [1.165, 1.54) is 0 Å². The minimum atomic E-state index is -2.81. The molecule has 0 aromatic heterocycles. The third-order valence-corrected chi connectivity index (χ3v) is 1.84. The molecule has 100 valence electrons. The van der Waals surface area contributed by atoms with Crippen LogP contribution >= 0.6 is 0 Å². The Morgan fingerprint density at radius 3 is 1.56 bits per heavy atom. The largest absolute Gasteiger partial charge is 0.481 e. The Labute approximate surface area is 100.0 Å². The number of rotatable bonds is 7. The lowest BCUT2D eigenvalue weighted by molar-refractivity contribution is -0.186. The van der Waals surface area contributed by atoms with Gasteiger partial charge in [0.05, 0.1) is 12.8 Å². The van der Waals surface area contributed by atoms with E-state index in [9.17, 15) is 24.0 Å². The monoisotopic (exact) mass is 262 g/mol. The number of carboxylic acid groups (broad SMARTS) is 3. The Morgan fingerprint density at radius 1 is 0.944 bits per heavy atom. The van der Waals surface area contributed by atoms with Gasteiger partial charge in [0.15, 0.2) is 0 Å². The summed E-state index contributed by atoms with van der Waals surface area (Å²) in [5, 5.41) is 25.9. The lowest BCUT2D eigenvalue weighted by Crippen LogP contribution is -2.47. The fourth-order valence-electron chi connectivity index (χ4n) is 1.07. The van der Waals surface area contributed by atoms with Gasteiger partial charge in [-0.15, -0.1) is 0 Å². The summed E-state index contributed by atoms with van der Waals surface area (Å²) < 4.78 is 4.23. The van der Waals surface area contributed by atoms with Gasteiger partial charge in [-0.1, -0.05) is 0 Å². The van der Waals surface area contributed by atoms with Crippen LogP contribution in [0.1, 0.15) is 19.8 Å². The Balaban J connectivity index is 5.38. The van der Waals surface area contributed by atoms with Gasteiger partial charge in [0.1, 0.15) is 0 Å². The van der Waals surface area contributed by atoms with Crippen molar-refractivity contribution in [1.29, 1.82) is 0 Å². The molecule has 0 radical (unpaired) electrons. The van der Waals surface area contributed by atoms with Crippen LogP contribution in [0.4, 0.5) is 0 Å². The SMILES string of the molecule is CC(=O)C(=O)OC(CC(=O)O)(CC(=O)O)C(=O)O. The summed E-state index contributed by atoms with van der Waals surface area (Å²) in [6, 6.07) is 0. The predicted molar refractivity (Wildman–Crippen MR) is 51.6 cm³/mol. The highest BCUT2D eigenvalue weighted by Crippen LogP contribution is 2.22. The van der Waals surface area contributed by atoms with Gasteiger partial charge in [0.2, 0.25) is 11.4 Å². The third kappa shape index (κ3) is 4.20. The van der Waals surface area contributed by atoms with Crippen LogP contribution in [-0.2, 0) is 28.7 Å². The number of aliphatic carboxylic acids is 3. The molecule has 0 saturated carbocycles. The quantitative estimate of drug-likeness (QED) is 0.382. The molecule has 0 amide bonds. The fourth-order valence-corrected chi connectivity index (χ4v) is 1.07. The highest BCUT2D eigenvalue weighted by molar-refractivity contribution is 6.32. The summed E-state index contributed by atoms with van der Waals surface area (Å²) in [5.41, 5.74) is -2.81. The summed E-state index contributed by atoms with van der Waals surface area (Å²) in [6.45, 7) is 0.774. The molecule has 0 aliphatic carbocycles. The second-order valence-electron chi connectivity index (χ2n) is 3.39. The molecule has 0 aliphatic rings. The van der Waals surface area contributed by atoms with Crippen molar-refractivity contribution in [3.05, 3.63) is 0 Å². The van der Waals surface area contributed by atoms with Crippen molar-refractivity contribution in [3.8, 4) is 0 Å². The first-order valence-electron chi connectivity index (χ1n) is 4.51. The zero-order chi connectivity index (χ0) is 14.5. The zero-order valence-corrected chi connectivity index (χ0v) is 9.21. The van der Waals surface area contributed by atoms with E-state index < -0.39 is 48.1 Å². The molecular formula is C9H10O9. The smallest absolute Gasteiger partial charge is 0.375 e. The standard InChI is InChI=1S/C9H10O9/c1-4(10)7(15)18-9(8(16)17,2-5(11)12)3-6(13)14/h2-3H2,1H3,(H,11,12)(H,13,14)(H,16,17). The zero-order valence-electron chi connectivity index (χ0n) is 9.21. The molecule has 0 aliphatic heterocycles. The molecule has 0 unspecified atom stereocenters. The average molecular weight is 262 g/mol. The van der Waals surface area contributed by atoms with E-state index in [1.54, 1.807) is 0 Å². The van der Waals surface area contributed by atoms with Crippen LogP contribution in [0.25, 0.3) is 0 Å². The maximum atomic E-state index is 11.0. The molecule has 18 heavy (non-hydrogen) atoms. The Morgan fingerprint density at radius 2 is 1.33 bits per heavy atom. The highest BCUT2D eigenvalue weighted by Gasteiger charge is 2.47. The van der Waals surface area contributed by atoms with Gasteiger partial charge in [-0.2, -0.15) is 0 Å². The normalized spacial score (nSPS) is 10.5.